The topological polar surface area (TPSA) is 32.7 Å². The maximum atomic E-state index is 10.3. The van der Waals surface area contributed by atoms with Gasteiger partial charge in [-0.1, -0.05) is 19.3 Å². The normalized spacial score (nSPS) is 34.7. The predicted octanol–water partition coefficient (Wildman–Crippen LogP) is 2.43. The zero-order valence-corrected chi connectivity index (χ0v) is 11.8. The standard InChI is InChI=1S/C15H29NO2/c1-2-18-12-11-16-10-6-5-8-14(16)13-7-3-4-9-15(13)17/h13-15,17H,2-12H2,1H3. The number of nitrogens with zero attached hydrogens (tertiary/aromatic N) is 1. The molecule has 106 valence electrons. The van der Waals surface area contributed by atoms with E-state index in [2.05, 4.69) is 11.8 Å². The lowest BCUT2D eigenvalue weighted by atomic mass is 9.78. The predicted molar refractivity (Wildman–Crippen MR) is 73.7 cm³/mol. The summed E-state index contributed by atoms with van der Waals surface area (Å²) in [4.78, 5) is 2.58. The summed E-state index contributed by atoms with van der Waals surface area (Å²) >= 11 is 0. The van der Waals surface area contributed by atoms with Gasteiger partial charge in [0.2, 0.25) is 0 Å². The molecule has 2 rings (SSSR count). The second kappa shape index (κ2) is 7.46. The summed E-state index contributed by atoms with van der Waals surface area (Å²) in [5.74, 6) is 0.515. The first-order valence-electron chi connectivity index (χ1n) is 7.82. The minimum Gasteiger partial charge on any atom is -0.393 e. The molecule has 18 heavy (non-hydrogen) atoms. The SMILES string of the molecule is CCOCCN1CCCCC1C1CCCCC1O. The molecule has 1 aliphatic heterocycles. The lowest BCUT2D eigenvalue weighted by Crippen LogP contribution is -2.49. The molecule has 0 amide bonds. The molecule has 0 aromatic heterocycles. The van der Waals surface area contributed by atoms with E-state index in [-0.39, 0.29) is 6.10 Å². The van der Waals surface area contributed by atoms with E-state index in [1.54, 1.807) is 0 Å². The van der Waals surface area contributed by atoms with Crippen LogP contribution in [0.5, 0.6) is 0 Å². The molecule has 3 nitrogen and oxygen atoms in total. The van der Waals surface area contributed by atoms with Gasteiger partial charge in [0.15, 0.2) is 0 Å². The summed E-state index contributed by atoms with van der Waals surface area (Å²) in [6.07, 6.45) is 8.60. The van der Waals surface area contributed by atoms with Crippen LogP contribution < -0.4 is 0 Å². The molecule has 1 saturated heterocycles. The van der Waals surface area contributed by atoms with Crippen LogP contribution in [0.3, 0.4) is 0 Å². The third-order valence-electron chi connectivity index (χ3n) is 4.67. The minimum absolute atomic E-state index is 0.0588. The average molecular weight is 255 g/mol. The Balaban J connectivity index is 1.89. The van der Waals surface area contributed by atoms with Crippen LogP contribution in [-0.4, -0.2) is 48.5 Å². The monoisotopic (exact) mass is 255 g/mol. The van der Waals surface area contributed by atoms with Crippen molar-refractivity contribution in [2.24, 2.45) is 5.92 Å². The van der Waals surface area contributed by atoms with E-state index in [1.165, 1.54) is 45.1 Å². The summed E-state index contributed by atoms with van der Waals surface area (Å²) in [5, 5.41) is 10.3. The lowest BCUT2D eigenvalue weighted by Gasteiger charge is -2.43. The van der Waals surface area contributed by atoms with Crippen LogP contribution in [0.15, 0.2) is 0 Å². The van der Waals surface area contributed by atoms with Crippen molar-refractivity contribution in [2.75, 3.05) is 26.3 Å². The molecule has 0 bridgehead atoms. The summed E-state index contributed by atoms with van der Waals surface area (Å²) in [6.45, 7) is 5.95. The van der Waals surface area contributed by atoms with Gasteiger partial charge in [0.25, 0.3) is 0 Å². The molecule has 0 aromatic carbocycles. The van der Waals surface area contributed by atoms with Gasteiger partial charge in [-0.25, -0.2) is 0 Å². The van der Waals surface area contributed by atoms with E-state index in [4.69, 9.17) is 4.74 Å². The first-order valence-corrected chi connectivity index (χ1v) is 7.82. The number of rotatable bonds is 5. The van der Waals surface area contributed by atoms with Crippen LogP contribution in [0.4, 0.5) is 0 Å². The fraction of sp³-hybridized carbons (Fsp3) is 1.00. The van der Waals surface area contributed by atoms with Crippen LogP contribution in [0.25, 0.3) is 0 Å². The number of hydrogen-bond donors (Lipinski definition) is 1. The van der Waals surface area contributed by atoms with Gasteiger partial charge in [-0.05, 0) is 39.2 Å². The van der Waals surface area contributed by atoms with E-state index in [0.29, 0.717) is 12.0 Å². The highest BCUT2D eigenvalue weighted by Gasteiger charge is 2.35. The van der Waals surface area contributed by atoms with Crippen molar-refractivity contribution in [1.29, 1.82) is 0 Å². The first-order chi connectivity index (χ1) is 8.83. The lowest BCUT2D eigenvalue weighted by molar-refractivity contribution is -0.0149. The first kappa shape index (κ1) is 14.3. The summed E-state index contributed by atoms with van der Waals surface area (Å²) in [5.41, 5.74) is 0. The van der Waals surface area contributed by atoms with Crippen molar-refractivity contribution in [3.05, 3.63) is 0 Å². The number of aliphatic hydroxyl groups excluding tert-OH is 1. The summed E-state index contributed by atoms with van der Waals surface area (Å²) in [7, 11) is 0. The second-order valence-electron chi connectivity index (χ2n) is 5.81. The van der Waals surface area contributed by atoms with Crippen molar-refractivity contribution < 1.29 is 9.84 Å². The van der Waals surface area contributed by atoms with Crippen molar-refractivity contribution in [3.8, 4) is 0 Å². The molecular formula is C15H29NO2. The van der Waals surface area contributed by atoms with Crippen LogP contribution >= 0.6 is 0 Å². The fourth-order valence-corrected chi connectivity index (χ4v) is 3.69. The van der Waals surface area contributed by atoms with Crippen LogP contribution in [-0.2, 0) is 4.74 Å². The van der Waals surface area contributed by atoms with Gasteiger partial charge < -0.3 is 9.84 Å². The van der Waals surface area contributed by atoms with Crippen molar-refractivity contribution in [2.45, 2.75) is 64.0 Å². The number of likely N-dealkylation sites (tertiary alicyclic amines) is 1. The third-order valence-corrected chi connectivity index (χ3v) is 4.67. The Hall–Kier alpha value is -0.120. The summed E-state index contributed by atoms with van der Waals surface area (Å²) in [6, 6.07) is 0.606. The van der Waals surface area contributed by atoms with E-state index in [1.807, 2.05) is 0 Å². The number of hydrogen-bond acceptors (Lipinski definition) is 3. The number of aliphatic hydroxyl groups is 1. The van der Waals surface area contributed by atoms with E-state index < -0.39 is 0 Å². The van der Waals surface area contributed by atoms with Crippen molar-refractivity contribution in [1.82, 2.24) is 4.90 Å². The van der Waals surface area contributed by atoms with Gasteiger partial charge in [-0.3, -0.25) is 4.90 Å². The second-order valence-corrected chi connectivity index (χ2v) is 5.81. The smallest absolute Gasteiger partial charge is 0.0593 e. The highest BCUT2D eigenvalue weighted by atomic mass is 16.5. The van der Waals surface area contributed by atoms with E-state index in [9.17, 15) is 5.11 Å². The molecule has 3 heteroatoms. The Labute approximate surface area is 112 Å². The number of piperidine rings is 1. The summed E-state index contributed by atoms with van der Waals surface area (Å²) < 4.78 is 5.49. The molecule has 0 radical (unpaired) electrons. The minimum atomic E-state index is -0.0588. The molecule has 1 N–H and O–H groups in total. The maximum absolute atomic E-state index is 10.3. The van der Waals surface area contributed by atoms with Gasteiger partial charge in [0.05, 0.1) is 12.7 Å². The Morgan fingerprint density at radius 3 is 2.67 bits per heavy atom. The van der Waals surface area contributed by atoms with Crippen LogP contribution in [0.2, 0.25) is 0 Å². The largest absolute Gasteiger partial charge is 0.393 e. The third kappa shape index (κ3) is 3.69. The van der Waals surface area contributed by atoms with E-state index in [0.717, 1.165) is 26.2 Å². The Bertz CT molecular complexity index is 235. The van der Waals surface area contributed by atoms with Gasteiger partial charge in [-0.15, -0.1) is 0 Å². The quantitative estimate of drug-likeness (QED) is 0.766. The van der Waals surface area contributed by atoms with Gasteiger partial charge in [-0.2, -0.15) is 0 Å². The Morgan fingerprint density at radius 1 is 1.11 bits per heavy atom. The molecule has 3 atom stereocenters. The molecule has 3 unspecified atom stereocenters. The molecule has 2 fully saturated rings. The molecule has 1 heterocycles. The molecule has 1 aliphatic carbocycles. The van der Waals surface area contributed by atoms with Gasteiger partial charge in [0, 0.05) is 25.1 Å². The zero-order valence-electron chi connectivity index (χ0n) is 11.8. The van der Waals surface area contributed by atoms with E-state index >= 15 is 0 Å². The van der Waals surface area contributed by atoms with Crippen LogP contribution in [0.1, 0.15) is 51.9 Å². The number of ether oxygens (including phenoxy) is 1. The molecule has 0 spiro atoms. The molecule has 2 aliphatic rings. The highest BCUT2D eigenvalue weighted by molar-refractivity contribution is 4.88. The van der Waals surface area contributed by atoms with Crippen molar-refractivity contribution in [3.63, 3.8) is 0 Å². The van der Waals surface area contributed by atoms with Gasteiger partial charge in [0.1, 0.15) is 0 Å². The highest BCUT2D eigenvalue weighted by Crippen LogP contribution is 2.33. The van der Waals surface area contributed by atoms with Crippen LogP contribution in [0, 0.1) is 5.92 Å². The van der Waals surface area contributed by atoms with Gasteiger partial charge >= 0.3 is 0 Å². The zero-order chi connectivity index (χ0) is 12.8. The molecule has 0 aromatic rings. The Morgan fingerprint density at radius 2 is 1.89 bits per heavy atom. The molecular weight excluding hydrogens is 226 g/mol. The maximum Gasteiger partial charge on any atom is 0.0593 e. The average Bonchev–Trinajstić information content (AvgIpc) is 2.40. The Kier molecular flexibility index (Phi) is 5.93. The van der Waals surface area contributed by atoms with Crippen molar-refractivity contribution >= 4 is 0 Å². The fourth-order valence-electron chi connectivity index (χ4n) is 3.69. The molecule has 1 saturated carbocycles.